The summed E-state index contributed by atoms with van der Waals surface area (Å²) in [5, 5.41) is 1.11. The fourth-order valence-corrected chi connectivity index (χ4v) is 8.67. The average molecular weight is 587 g/mol. The van der Waals surface area contributed by atoms with E-state index in [2.05, 4.69) is 41.0 Å². The topological polar surface area (TPSA) is 94.2 Å². The van der Waals surface area contributed by atoms with Crippen molar-refractivity contribution in [2.75, 3.05) is 31.6 Å². The molecular formula is C34H34N8O2. The molecule has 0 spiro atoms. The zero-order chi connectivity index (χ0) is 29.1. The van der Waals surface area contributed by atoms with Crippen LogP contribution in [0.1, 0.15) is 42.1 Å². The molecule has 1 amide bonds. The fourth-order valence-electron chi connectivity index (χ4n) is 8.67. The molecule has 5 aromatic rings. The molecule has 44 heavy (non-hydrogen) atoms. The standard InChI is InChI=1S/C34H34N8O2/c1-44-28-13-22(34(43)41-15-23-9-21-12-26(41)30(21)23)10-25-31(28)42(24-16-39(17-24)29-6-8-35-18-37-29)33(38-25)27-11-20-3-2-7-36-32(20)40(27)14-19-4-5-19/h2-3,6-8,10-11,13,18-19,21,23-24,26,30H,4-5,9,12,14-17H2,1H3/t21?,23?,26?,30-/m1/s1. The van der Waals surface area contributed by atoms with E-state index in [1.54, 1.807) is 19.6 Å². The lowest BCUT2D eigenvalue weighted by molar-refractivity contribution is -0.0204. The zero-order valence-electron chi connectivity index (χ0n) is 24.7. The maximum absolute atomic E-state index is 14.0. The van der Waals surface area contributed by atoms with Gasteiger partial charge in [-0.25, -0.2) is 19.9 Å². The van der Waals surface area contributed by atoms with Crippen molar-refractivity contribution in [2.45, 2.75) is 44.3 Å². The number of hydrogen-bond donors (Lipinski definition) is 0. The quantitative estimate of drug-likeness (QED) is 0.270. The molecule has 3 unspecified atom stereocenters. The highest BCUT2D eigenvalue weighted by Crippen LogP contribution is 2.61. The summed E-state index contributed by atoms with van der Waals surface area (Å²) in [6.45, 7) is 3.40. The van der Waals surface area contributed by atoms with Gasteiger partial charge in [0.1, 0.15) is 29.1 Å². The van der Waals surface area contributed by atoms with Crippen LogP contribution in [0, 0.1) is 23.7 Å². The molecule has 10 rings (SSSR count). The number of imidazole rings is 1. The Hall–Kier alpha value is -4.47. The van der Waals surface area contributed by atoms with Crippen LogP contribution in [-0.4, -0.2) is 72.7 Å². The summed E-state index contributed by atoms with van der Waals surface area (Å²) >= 11 is 0. The largest absolute Gasteiger partial charge is 0.494 e. The molecule has 4 atom stereocenters. The van der Waals surface area contributed by atoms with Crippen molar-refractivity contribution in [2.24, 2.45) is 23.7 Å². The van der Waals surface area contributed by atoms with Gasteiger partial charge in [0.05, 0.1) is 24.4 Å². The van der Waals surface area contributed by atoms with E-state index in [1.807, 2.05) is 30.5 Å². The maximum atomic E-state index is 14.0. The smallest absolute Gasteiger partial charge is 0.254 e. The number of nitrogens with zero attached hydrogens (tertiary/aromatic N) is 8. The molecule has 0 radical (unpaired) electrons. The van der Waals surface area contributed by atoms with Crippen molar-refractivity contribution in [3.63, 3.8) is 0 Å². The molecule has 10 heteroatoms. The summed E-state index contributed by atoms with van der Waals surface area (Å²) in [4.78, 5) is 37.1. The lowest BCUT2D eigenvalue weighted by Crippen LogP contribution is -2.53. The van der Waals surface area contributed by atoms with Gasteiger partial charge in [-0.1, -0.05) is 0 Å². The second kappa shape index (κ2) is 9.03. The number of benzene rings is 1. The second-order valence-electron chi connectivity index (χ2n) is 13.6. The van der Waals surface area contributed by atoms with Gasteiger partial charge < -0.3 is 23.7 Å². The summed E-state index contributed by atoms with van der Waals surface area (Å²) in [5.74, 6) is 5.57. The highest BCUT2D eigenvalue weighted by atomic mass is 16.5. The SMILES string of the molecule is COc1cc(C(=O)N2CC3CC4CC2[C@H]43)cc2nc(-c3cc4cccnc4n3CC3CC3)n(C3CN(c4ccncn4)C3)c12. The van der Waals surface area contributed by atoms with Crippen LogP contribution in [0.2, 0.25) is 0 Å². The highest BCUT2D eigenvalue weighted by Gasteiger charge is 2.61. The molecule has 4 aromatic heterocycles. The Labute approximate surface area is 254 Å². The van der Waals surface area contributed by atoms with Gasteiger partial charge in [-0.15, -0.1) is 0 Å². The number of rotatable bonds is 7. The first kappa shape index (κ1) is 24.9. The van der Waals surface area contributed by atoms with Gasteiger partial charge >= 0.3 is 0 Å². The van der Waals surface area contributed by atoms with Crippen molar-refractivity contribution >= 4 is 33.8 Å². The van der Waals surface area contributed by atoms with Crippen LogP contribution in [0.25, 0.3) is 33.6 Å². The Balaban J connectivity index is 1.12. The molecule has 1 aromatic carbocycles. The Morgan fingerprint density at radius 3 is 2.70 bits per heavy atom. The molecule has 3 saturated carbocycles. The van der Waals surface area contributed by atoms with Crippen molar-refractivity contribution in [3.05, 3.63) is 60.7 Å². The highest BCUT2D eigenvalue weighted by molar-refractivity contribution is 6.00. The average Bonchev–Trinajstić information content (AvgIpc) is 3.66. The van der Waals surface area contributed by atoms with Gasteiger partial charge in [0.2, 0.25) is 0 Å². The van der Waals surface area contributed by atoms with E-state index in [-0.39, 0.29) is 11.9 Å². The summed E-state index contributed by atoms with van der Waals surface area (Å²) in [7, 11) is 1.70. The van der Waals surface area contributed by atoms with Crippen LogP contribution < -0.4 is 9.64 Å². The molecule has 0 bridgehead atoms. The summed E-state index contributed by atoms with van der Waals surface area (Å²) < 4.78 is 10.8. The van der Waals surface area contributed by atoms with Crippen LogP contribution in [-0.2, 0) is 6.54 Å². The number of amides is 1. The minimum Gasteiger partial charge on any atom is -0.494 e. The van der Waals surface area contributed by atoms with Crippen LogP contribution in [0.5, 0.6) is 5.75 Å². The third kappa shape index (κ3) is 3.51. The summed E-state index contributed by atoms with van der Waals surface area (Å²) in [5.41, 5.74) is 4.47. The molecule has 5 aliphatic rings. The number of carbonyl (C=O) groups excluding carboxylic acids is 1. The van der Waals surface area contributed by atoms with Crippen molar-refractivity contribution in [1.29, 1.82) is 0 Å². The van der Waals surface area contributed by atoms with Crippen LogP contribution >= 0.6 is 0 Å². The Morgan fingerprint density at radius 2 is 1.93 bits per heavy atom. The van der Waals surface area contributed by atoms with Crippen molar-refractivity contribution in [1.82, 2.24) is 34.0 Å². The molecule has 6 heterocycles. The third-order valence-corrected chi connectivity index (χ3v) is 11.1. The normalized spacial score (nSPS) is 25.6. The molecular weight excluding hydrogens is 552 g/mol. The van der Waals surface area contributed by atoms with E-state index in [0.29, 0.717) is 29.2 Å². The molecule has 5 fully saturated rings. The van der Waals surface area contributed by atoms with Gasteiger partial charge in [0.25, 0.3) is 5.91 Å². The Kier molecular flexibility index (Phi) is 5.11. The summed E-state index contributed by atoms with van der Waals surface area (Å²) in [6.07, 6.45) is 10.2. The number of carbonyl (C=O) groups is 1. The van der Waals surface area contributed by atoms with E-state index in [4.69, 9.17) is 14.7 Å². The van der Waals surface area contributed by atoms with Crippen molar-refractivity contribution in [3.8, 4) is 17.3 Å². The lowest BCUT2D eigenvalue weighted by Gasteiger charge is -2.52. The molecule has 3 aliphatic carbocycles. The van der Waals surface area contributed by atoms with Gasteiger partial charge in [-0.2, -0.15) is 0 Å². The van der Waals surface area contributed by atoms with E-state index in [9.17, 15) is 4.79 Å². The predicted molar refractivity (Wildman–Crippen MR) is 166 cm³/mol. The fraction of sp³-hybridized carbons (Fsp3) is 0.441. The Morgan fingerprint density at radius 1 is 1.02 bits per heavy atom. The molecule has 222 valence electrons. The van der Waals surface area contributed by atoms with Crippen LogP contribution in [0.15, 0.2) is 55.1 Å². The number of ether oxygens (including phenoxy) is 1. The maximum Gasteiger partial charge on any atom is 0.254 e. The Bertz CT molecular complexity index is 1960. The van der Waals surface area contributed by atoms with Crippen LogP contribution in [0.3, 0.4) is 0 Å². The molecule has 2 saturated heterocycles. The van der Waals surface area contributed by atoms with Crippen molar-refractivity contribution < 1.29 is 9.53 Å². The van der Waals surface area contributed by atoms with E-state index in [0.717, 1.165) is 83.8 Å². The lowest BCUT2D eigenvalue weighted by atomic mass is 9.53. The summed E-state index contributed by atoms with van der Waals surface area (Å²) in [6, 6.07) is 12.8. The second-order valence-corrected chi connectivity index (χ2v) is 13.6. The van der Waals surface area contributed by atoms with Crippen LogP contribution in [0.4, 0.5) is 5.82 Å². The number of anilines is 1. The predicted octanol–water partition coefficient (Wildman–Crippen LogP) is 4.80. The van der Waals surface area contributed by atoms with E-state index >= 15 is 0 Å². The molecule has 2 aliphatic heterocycles. The van der Waals surface area contributed by atoms with E-state index < -0.39 is 0 Å². The minimum absolute atomic E-state index is 0.116. The number of methoxy groups -OCH3 is 1. The van der Waals surface area contributed by atoms with E-state index in [1.165, 1.54) is 19.3 Å². The number of aromatic nitrogens is 6. The number of likely N-dealkylation sites (tertiary alicyclic amines) is 1. The number of pyridine rings is 1. The molecule has 0 N–H and O–H groups in total. The zero-order valence-corrected chi connectivity index (χ0v) is 24.7. The van der Waals surface area contributed by atoms with Gasteiger partial charge in [0, 0.05) is 55.6 Å². The van der Waals surface area contributed by atoms with Gasteiger partial charge in [-0.3, -0.25) is 4.79 Å². The first-order valence-corrected chi connectivity index (χ1v) is 16.0. The number of hydrogen-bond acceptors (Lipinski definition) is 7. The minimum atomic E-state index is 0.116. The monoisotopic (exact) mass is 586 g/mol. The number of fused-ring (bicyclic) bond motifs is 2. The third-order valence-electron chi connectivity index (χ3n) is 11.1. The first-order chi connectivity index (χ1) is 21.6. The van der Waals surface area contributed by atoms with Gasteiger partial charge in [-0.05, 0) is 85.8 Å². The first-order valence-electron chi connectivity index (χ1n) is 16.0. The van der Waals surface area contributed by atoms with Gasteiger partial charge in [0.15, 0.2) is 5.82 Å². The molecule has 10 nitrogen and oxygen atoms in total.